The van der Waals surface area contributed by atoms with E-state index in [-0.39, 0.29) is 5.91 Å². The van der Waals surface area contributed by atoms with E-state index >= 15 is 0 Å². The average Bonchev–Trinajstić information content (AvgIpc) is 3.26. The minimum Gasteiger partial charge on any atom is -0.351 e. The van der Waals surface area contributed by atoms with Crippen molar-refractivity contribution < 1.29 is 4.79 Å². The highest BCUT2D eigenvalue weighted by atomic mass is 35.5. The molecule has 0 spiro atoms. The summed E-state index contributed by atoms with van der Waals surface area (Å²) >= 11 is 5.99. The Kier molecular flexibility index (Phi) is 3.16. The predicted octanol–water partition coefficient (Wildman–Crippen LogP) is 2.74. The largest absolute Gasteiger partial charge is 0.351 e. The summed E-state index contributed by atoms with van der Waals surface area (Å²) in [6.07, 6.45) is 2.66. The van der Waals surface area contributed by atoms with Gasteiger partial charge in [-0.25, -0.2) is 0 Å². The van der Waals surface area contributed by atoms with Gasteiger partial charge < -0.3 is 9.88 Å². The van der Waals surface area contributed by atoms with Crippen LogP contribution in [-0.2, 0) is 0 Å². The molecule has 1 saturated carbocycles. The van der Waals surface area contributed by atoms with Crippen LogP contribution >= 0.6 is 11.6 Å². The molecule has 5 heteroatoms. The normalized spacial score (nSPS) is 20.1. The molecule has 1 amide bonds. The average molecular weight is 304 g/mol. The Hall–Kier alpha value is -1.52. The lowest BCUT2D eigenvalue weighted by Gasteiger charge is -2.34. The third-order valence-corrected chi connectivity index (χ3v) is 4.71. The van der Waals surface area contributed by atoms with Gasteiger partial charge in [0.05, 0.1) is 0 Å². The molecule has 2 heterocycles. The number of carbonyl (C=O) groups is 1. The van der Waals surface area contributed by atoms with Crippen molar-refractivity contribution in [1.29, 1.82) is 0 Å². The molecule has 4 nitrogen and oxygen atoms in total. The Morgan fingerprint density at radius 3 is 2.62 bits per heavy atom. The summed E-state index contributed by atoms with van der Waals surface area (Å²) in [5.41, 5.74) is 1.62. The van der Waals surface area contributed by atoms with Gasteiger partial charge in [0.2, 0.25) is 0 Å². The summed E-state index contributed by atoms with van der Waals surface area (Å²) in [5, 5.41) is 1.68. The fourth-order valence-corrected chi connectivity index (χ4v) is 3.30. The van der Waals surface area contributed by atoms with E-state index in [1.807, 2.05) is 29.2 Å². The molecule has 21 heavy (non-hydrogen) atoms. The molecule has 0 radical (unpaired) electrons. The number of H-pyrrole nitrogens is 1. The molecule has 0 unspecified atom stereocenters. The summed E-state index contributed by atoms with van der Waals surface area (Å²) in [6.45, 7) is 3.65. The lowest BCUT2D eigenvalue weighted by atomic mass is 10.2. The first-order chi connectivity index (χ1) is 10.2. The molecule has 1 aromatic carbocycles. The molecular formula is C16H18ClN3O. The standard InChI is InChI=1S/C16H18ClN3O/c17-12-1-4-14-11(9-12)10-15(18-14)16(21)20-7-5-19(6-8-20)13-2-3-13/h1,4,9-10,13,18H,2-3,5-8H2. The van der Waals surface area contributed by atoms with Crippen molar-refractivity contribution >= 4 is 28.4 Å². The highest BCUT2D eigenvalue weighted by Crippen LogP contribution is 2.28. The Morgan fingerprint density at radius 1 is 1.14 bits per heavy atom. The highest BCUT2D eigenvalue weighted by Gasteiger charge is 2.32. The van der Waals surface area contributed by atoms with Crippen LogP contribution in [0.25, 0.3) is 10.9 Å². The molecule has 1 saturated heterocycles. The van der Waals surface area contributed by atoms with E-state index in [2.05, 4.69) is 9.88 Å². The van der Waals surface area contributed by atoms with Crippen LogP contribution in [-0.4, -0.2) is 52.9 Å². The molecule has 1 aliphatic heterocycles. The molecule has 2 fully saturated rings. The number of aromatic nitrogens is 1. The second kappa shape index (κ2) is 5.04. The maximum atomic E-state index is 12.6. The molecule has 1 N–H and O–H groups in total. The maximum absolute atomic E-state index is 12.6. The van der Waals surface area contributed by atoms with Gasteiger partial charge in [-0.05, 0) is 37.1 Å². The van der Waals surface area contributed by atoms with Gasteiger partial charge in [-0.2, -0.15) is 0 Å². The number of hydrogen-bond acceptors (Lipinski definition) is 2. The summed E-state index contributed by atoms with van der Waals surface area (Å²) in [5.74, 6) is 0.0952. The van der Waals surface area contributed by atoms with Gasteiger partial charge >= 0.3 is 0 Å². The fraction of sp³-hybridized carbons (Fsp3) is 0.438. The zero-order chi connectivity index (χ0) is 14.4. The third-order valence-electron chi connectivity index (χ3n) is 4.48. The zero-order valence-corrected chi connectivity index (χ0v) is 12.6. The van der Waals surface area contributed by atoms with Gasteiger partial charge in [0.25, 0.3) is 5.91 Å². The predicted molar refractivity (Wildman–Crippen MR) is 83.8 cm³/mol. The van der Waals surface area contributed by atoms with Crippen LogP contribution in [0.15, 0.2) is 24.3 Å². The topological polar surface area (TPSA) is 39.3 Å². The molecule has 1 aliphatic carbocycles. The van der Waals surface area contributed by atoms with Crippen LogP contribution in [0.3, 0.4) is 0 Å². The minimum absolute atomic E-state index is 0.0952. The third kappa shape index (κ3) is 2.54. The van der Waals surface area contributed by atoms with Crippen LogP contribution in [0.4, 0.5) is 0 Å². The summed E-state index contributed by atoms with van der Waals surface area (Å²) in [4.78, 5) is 20.3. The highest BCUT2D eigenvalue weighted by molar-refractivity contribution is 6.31. The van der Waals surface area contributed by atoms with E-state index in [0.717, 1.165) is 43.1 Å². The lowest BCUT2D eigenvalue weighted by Crippen LogP contribution is -2.49. The second-order valence-electron chi connectivity index (χ2n) is 5.97. The zero-order valence-electron chi connectivity index (χ0n) is 11.8. The smallest absolute Gasteiger partial charge is 0.270 e. The summed E-state index contributed by atoms with van der Waals surface area (Å²) in [6, 6.07) is 8.33. The van der Waals surface area contributed by atoms with Crippen LogP contribution in [0.5, 0.6) is 0 Å². The Labute approximate surface area is 128 Å². The van der Waals surface area contributed by atoms with Gasteiger partial charge in [0.15, 0.2) is 0 Å². The van der Waals surface area contributed by atoms with E-state index in [1.165, 1.54) is 12.8 Å². The van der Waals surface area contributed by atoms with E-state index in [1.54, 1.807) is 0 Å². The number of rotatable bonds is 2. The molecule has 1 aromatic heterocycles. The van der Waals surface area contributed by atoms with Crippen molar-refractivity contribution in [3.8, 4) is 0 Å². The summed E-state index contributed by atoms with van der Waals surface area (Å²) < 4.78 is 0. The molecule has 2 aromatic rings. The number of amides is 1. The number of benzene rings is 1. The van der Waals surface area contributed by atoms with Gasteiger partial charge in [0.1, 0.15) is 5.69 Å². The van der Waals surface area contributed by atoms with Crippen molar-refractivity contribution in [2.24, 2.45) is 0 Å². The molecule has 0 bridgehead atoms. The van der Waals surface area contributed by atoms with Crippen molar-refractivity contribution in [1.82, 2.24) is 14.8 Å². The van der Waals surface area contributed by atoms with E-state index < -0.39 is 0 Å². The van der Waals surface area contributed by atoms with Crippen molar-refractivity contribution in [3.63, 3.8) is 0 Å². The quantitative estimate of drug-likeness (QED) is 0.926. The second-order valence-corrected chi connectivity index (χ2v) is 6.41. The van der Waals surface area contributed by atoms with Crippen molar-refractivity contribution in [3.05, 3.63) is 35.0 Å². The SMILES string of the molecule is O=C(c1cc2cc(Cl)ccc2[nH]1)N1CCN(C2CC2)CC1. The molecule has 2 aliphatic rings. The number of halogens is 1. The first-order valence-corrected chi connectivity index (χ1v) is 7.90. The van der Waals surface area contributed by atoms with Gasteiger partial charge in [-0.1, -0.05) is 11.6 Å². The van der Waals surface area contributed by atoms with Gasteiger partial charge in [-0.15, -0.1) is 0 Å². The van der Waals surface area contributed by atoms with E-state index in [9.17, 15) is 4.79 Å². The number of piperazine rings is 1. The number of nitrogens with zero attached hydrogens (tertiary/aromatic N) is 2. The maximum Gasteiger partial charge on any atom is 0.270 e. The Balaban J connectivity index is 1.50. The molecule has 110 valence electrons. The van der Waals surface area contributed by atoms with Crippen LogP contribution < -0.4 is 0 Å². The molecule has 4 rings (SSSR count). The van der Waals surface area contributed by atoms with E-state index in [4.69, 9.17) is 11.6 Å². The monoisotopic (exact) mass is 303 g/mol. The number of nitrogens with one attached hydrogen (secondary N) is 1. The van der Waals surface area contributed by atoms with Crippen molar-refractivity contribution in [2.75, 3.05) is 26.2 Å². The number of carbonyl (C=O) groups excluding carboxylic acids is 1. The number of aromatic amines is 1. The molecular weight excluding hydrogens is 286 g/mol. The summed E-state index contributed by atoms with van der Waals surface area (Å²) in [7, 11) is 0. The van der Waals surface area contributed by atoms with Crippen LogP contribution in [0, 0.1) is 0 Å². The first kappa shape index (κ1) is 13.2. The first-order valence-electron chi connectivity index (χ1n) is 7.52. The van der Waals surface area contributed by atoms with Crippen LogP contribution in [0.1, 0.15) is 23.3 Å². The Bertz CT molecular complexity index is 684. The fourth-order valence-electron chi connectivity index (χ4n) is 3.12. The number of fused-ring (bicyclic) bond motifs is 1. The molecule has 0 atom stereocenters. The van der Waals surface area contributed by atoms with Crippen molar-refractivity contribution in [2.45, 2.75) is 18.9 Å². The minimum atomic E-state index is 0.0952. The van der Waals surface area contributed by atoms with Gasteiger partial charge in [-0.3, -0.25) is 9.69 Å². The number of hydrogen-bond donors (Lipinski definition) is 1. The lowest BCUT2D eigenvalue weighted by molar-refractivity contribution is 0.0622. The Morgan fingerprint density at radius 2 is 1.90 bits per heavy atom. The van der Waals surface area contributed by atoms with E-state index in [0.29, 0.717) is 10.7 Å². The van der Waals surface area contributed by atoms with Crippen LogP contribution in [0.2, 0.25) is 5.02 Å². The van der Waals surface area contributed by atoms with Gasteiger partial charge in [0, 0.05) is 48.1 Å².